The Hall–Kier alpha value is -3.36. The molecule has 0 radical (unpaired) electrons. The third-order valence-corrected chi connectivity index (χ3v) is 4.44. The summed E-state index contributed by atoms with van der Waals surface area (Å²) in [6.45, 7) is 0.216. The molecule has 0 aliphatic carbocycles. The van der Waals surface area contributed by atoms with Gasteiger partial charge in [-0.15, -0.1) is 0 Å². The second-order valence-corrected chi connectivity index (χ2v) is 6.13. The Kier molecular flexibility index (Phi) is 4.84. The SMILES string of the molecule is CC1=C(c2ccccc2)OC1(COC(=O)c1ccc([N+](=O)[O-])cc1)C(F)(F)F. The number of ether oxygens (including phenoxy) is 2. The normalized spacial score (nSPS) is 18.9. The highest BCUT2D eigenvalue weighted by molar-refractivity contribution is 5.89. The van der Waals surface area contributed by atoms with E-state index in [1.807, 2.05) is 0 Å². The fourth-order valence-electron chi connectivity index (χ4n) is 2.79. The first kappa shape index (κ1) is 19.4. The molecule has 0 fully saturated rings. The summed E-state index contributed by atoms with van der Waals surface area (Å²) in [5, 5.41) is 10.6. The Morgan fingerprint density at radius 1 is 1.14 bits per heavy atom. The lowest BCUT2D eigenvalue weighted by atomic mass is 9.86. The lowest BCUT2D eigenvalue weighted by molar-refractivity contribution is -0.384. The molecule has 28 heavy (non-hydrogen) atoms. The van der Waals surface area contributed by atoms with Crippen molar-refractivity contribution in [3.05, 3.63) is 81.4 Å². The largest absolute Gasteiger partial charge is 0.469 e. The molecular weight excluding hydrogens is 379 g/mol. The zero-order chi connectivity index (χ0) is 20.5. The quantitative estimate of drug-likeness (QED) is 0.424. The van der Waals surface area contributed by atoms with Gasteiger partial charge in [0.2, 0.25) is 0 Å². The molecule has 2 aromatic rings. The number of nitro benzene ring substituents is 1. The highest BCUT2D eigenvalue weighted by Crippen LogP contribution is 2.52. The molecule has 3 rings (SSSR count). The summed E-state index contributed by atoms with van der Waals surface area (Å²) in [7, 11) is 0. The van der Waals surface area contributed by atoms with Crippen molar-refractivity contribution in [3.8, 4) is 0 Å². The Balaban J connectivity index is 1.79. The molecule has 0 saturated carbocycles. The van der Waals surface area contributed by atoms with Gasteiger partial charge in [-0.25, -0.2) is 4.79 Å². The fraction of sp³-hybridized carbons (Fsp3) is 0.211. The van der Waals surface area contributed by atoms with Gasteiger partial charge in [-0.1, -0.05) is 30.3 Å². The van der Waals surface area contributed by atoms with E-state index in [0.717, 1.165) is 24.3 Å². The van der Waals surface area contributed by atoms with Gasteiger partial charge in [0, 0.05) is 23.3 Å². The van der Waals surface area contributed by atoms with Crippen LogP contribution in [0, 0.1) is 10.1 Å². The maximum Gasteiger partial charge on any atom is 0.435 e. The number of non-ortho nitro benzene ring substituents is 1. The molecule has 1 unspecified atom stereocenters. The van der Waals surface area contributed by atoms with E-state index in [0.29, 0.717) is 5.56 Å². The van der Waals surface area contributed by atoms with E-state index in [4.69, 9.17) is 9.47 Å². The van der Waals surface area contributed by atoms with Crippen LogP contribution in [0.3, 0.4) is 0 Å². The Morgan fingerprint density at radius 2 is 1.75 bits per heavy atom. The van der Waals surface area contributed by atoms with Gasteiger partial charge in [-0.05, 0) is 19.1 Å². The van der Waals surface area contributed by atoms with Crippen LogP contribution in [0.15, 0.2) is 60.2 Å². The summed E-state index contributed by atoms with van der Waals surface area (Å²) in [5.41, 5.74) is -2.69. The van der Waals surface area contributed by atoms with Crippen molar-refractivity contribution in [1.29, 1.82) is 0 Å². The van der Waals surface area contributed by atoms with Crippen molar-refractivity contribution in [1.82, 2.24) is 0 Å². The lowest BCUT2D eigenvalue weighted by Crippen LogP contribution is -2.57. The predicted molar refractivity (Wildman–Crippen MR) is 92.3 cm³/mol. The first-order valence-corrected chi connectivity index (χ1v) is 8.10. The highest BCUT2D eigenvalue weighted by atomic mass is 19.4. The van der Waals surface area contributed by atoms with Gasteiger partial charge < -0.3 is 9.47 Å². The summed E-state index contributed by atoms with van der Waals surface area (Å²) < 4.78 is 50.9. The van der Waals surface area contributed by atoms with Crippen molar-refractivity contribution in [2.45, 2.75) is 18.7 Å². The summed E-state index contributed by atoms with van der Waals surface area (Å²) in [6, 6.07) is 12.6. The zero-order valence-electron chi connectivity index (χ0n) is 14.5. The summed E-state index contributed by atoms with van der Waals surface area (Å²) in [5.74, 6) is -0.951. The summed E-state index contributed by atoms with van der Waals surface area (Å²) in [4.78, 5) is 22.0. The predicted octanol–water partition coefficient (Wildman–Crippen LogP) is 4.51. The van der Waals surface area contributed by atoms with Gasteiger partial charge in [0.15, 0.2) is 0 Å². The third kappa shape index (κ3) is 3.30. The Labute approximate surface area is 157 Å². The van der Waals surface area contributed by atoms with E-state index in [1.54, 1.807) is 30.3 Å². The first-order valence-electron chi connectivity index (χ1n) is 8.10. The molecule has 0 N–H and O–H groups in total. The minimum absolute atomic E-state index is 0.0873. The van der Waals surface area contributed by atoms with Gasteiger partial charge in [0.05, 0.1) is 10.5 Å². The van der Waals surface area contributed by atoms with Gasteiger partial charge in [0.1, 0.15) is 12.4 Å². The minimum atomic E-state index is -4.80. The fourth-order valence-corrected chi connectivity index (χ4v) is 2.79. The Morgan fingerprint density at radius 3 is 2.25 bits per heavy atom. The van der Waals surface area contributed by atoms with Crippen LogP contribution >= 0.6 is 0 Å². The number of benzene rings is 2. The molecule has 0 amide bonds. The number of nitro groups is 1. The number of alkyl halides is 3. The molecule has 1 heterocycles. The summed E-state index contributed by atoms with van der Waals surface area (Å²) >= 11 is 0. The molecule has 146 valence electrons. The van der Waals surface area contributed by atoms with Gasteiger partial charge in [-0.3, -0.25) is 10.1 Å². The van der Waals surface area contributed by atoms with Crippen LogP contribution in [0.1, 0.15) is 22.8 Å². The molecule has 1 aliphatic rings. The molecule has 1 atom stereocenters. The molecule has 6 nitrogen and oxygen atoms in total. The van der Waals surface area contributed by atoms with Crippen molar-refractivity contribution in [2.75, 3.05) is 6.61 Å². The monoisotopic (exact) mass is 393 g/mol. The van der Waals surface area contributed by atoms with Gasteiger partial charge in [-0.2, -0.15) is 13.2 Å². The van der Waals surface area contributed by atoms with E-state index in [1.165, 1.54) is 6.92 Å². The standard InChI is InChI=1S/C19H14F3NO5/c1-12-16(13-5-3-2-4-6-13)28-18(12,19(20,21)22)11-27-17(24)14-7-9-15(10-8-14)23(25)26/h2-10H,11H2,1H3. The van der Waals surface area contributed by atoms with Crippen LogP contribution in [0.5, 0.6) is 0 Å². The lowest BCUT2D eigenvalue weighted by Gasteiger charge is -2.45. The van der Waals surface area contributed by atoms with Crippen LogP contribution in [0.2, 0.25) is 0 Å². The second kappa shape index (κ2) is 6.99. The molecule has 0 aromatic heterocycles. The number of halogens is 3. The first-order chi connectivity index (χ1) is 13.2. The van der Waals surface area contributed by atoms with Crippen LogP contribution in [-0.4, -0.2) is 29.3 Å². The molecule has 0 spiro atoms. The van der Waals surface area contributed by atoms with E-state index in [2.05, 4.69) is 0 Å². The number of esters is 1. The Bertz CT molecular complexity index is 938. The molecule has 1 aliphatic heterocycles. The molecule has 2 aromatic carbocycles. The molecule has 9 heteroatoms. The van der Waals surface area contributed by atoms with Crippen molar-refractivity contribution >= 4 is 17.4 Å². The van der Waals surface area contributed by atoms with Crippen LogP contribution in [-0.2, 0) is 9.47 Å². The molecule has 0 saturated heterocycles. The smallest absolute Gasteiger partial charge is 0.435 e. The maximum absolute atomic E-state index is 13.7. The average molecular weight is 393 g/mol. The van der Waals surface area contributed by atoms with E-state index < -0.39 is 29.3 Å². The van der Waals surface area contributed by atoms with Gasteiger partial charge >= 0.3 is 12.1 Å². The van der Waals surface area contributed by atoms with E-state index in [9.17, 15) is 28.1 Å². The third-order valence-electron chi connectivity index (χ3n) is 4.44. The molecular formula is C19H14F3NO5. The number of carbonyl (C=O) groups is 1. The maximum atomic E-state index is 13.7. The highest BCUT2D eigenvalue weighted by Gasteiger charge is 2.65. The van der Waals surface area contributed by atoms with Crippen LogP contribution in [0.25, 0.3) is 5.76 Å². The van der Waals surface area contributed by atoms with Crippen molar-refractivity contribution < 1.29 is 32.4 Å². The van der Waals surface area contributed by atoms with Crippen LogP contribution < -0.4 is 0 Å². The minimum Gasteiger partial charge on any atom is -0.469 e. The number of hydrogen-bond donors (Lipinski definition) is 0. The molecule has 0 bridgehead atoms. The van der Waals surface area contributed by atoms with Crippen molar-refractivity contribution in [2.24, 2.45) is 0 Å². The summed E-state index contributed by atoms with van der Waals surface area (Å²) in [6.07, 6.45) is -4.80. The van der Waals surface area contributed by atoms with Crippen molar-refractivity contribution in [3.63, 3.8) is 0 Å². The van der Waals surface area contributed by atoms with E-state index >= 15 is 0 Å². The van der Waals surface area contributed by atoms with Crippen LogP contribution in [0.4, 0.5) is 18.9 Å². The second-order valence-electron chi connectivity index (χ2n) is 6.13. The number of hydrogen-bond acceptors (Lipinski definition) is 5. The number of nitrogens with zero attached hydrogens (tertiary/aromatic N) is 1. The topological polar surface area (TPSA) is 78.7 Å². The van der Waals surface area contributed by atoms with Gasteiger partial charge in [0.25, 0.3) is 11.3 Å². The number of carbonyl (C=O) groups excluding carboxylic acids is 1. The zero-order valence-corrected chi connectivity index (χ0v) is 14.5. The van der Waals surface area contributed by atoms with E-state index in [-0.39, 0.29) is 22.6 Å². The average Bonchev–Trinajstić information content (AvgIpc) is 2.66. The number of rotatable bonds is 5.